The maximum absolute atomic E-state index is 13.0. The van der Waals surface area contributed by atoms with Gasteiger partial charge in [0.1, 0.15) is 5.75 Å². The van der Waals surface area contributed by atoms with Crippen LogP contribution in [0, 0.1) is 5.92 Å². The fraction of sp³-hybridized carbons (Fsp3) is 0.650. The van der Waals surface area contributed by atoms with Gasteiger partial charge >= 0.3 is 6.36 Å². The Bertz CT molecular complexity index is 857. The number of methoxy groups -OCH3 is 2. The summed E-state index contributed by atoms with van der Waals surface area (Å²) in [5.74, 6) is -1.06. The van der Waals surface area contributed by atoms with Gasteiger partial charge in [-0.1, -0.05) is 6.07 Å². The summed E-state index contributed by atoms with van der Waals surface area (Å²) in [4.78, 5) is 14.4. The fourth-order valence-corrected chi connectivity index (χ4v) is 5.13. The van der Waals surface area contributed by atoms with E-state index >= 15 is 0 Å². The predicted molar refractivity (Wildman–Crippen MR) is 110 cm³/mol. The number of rotatable bonds is 10. The molecule has 2 rings (SSSR count). The molecule has 0 saturated carbocycles. The zero-order valence-electron chi connectivity index (χ0n) is 18.3. The van der Waals surface area contributed by atoms with Gasteiger partial charge in [-0.3, -0.25) is 4.79 Å². The largest absolute Gasteiger partial charge is 0.573 e. The van der Waals surface area contributed by atoms with E-state index in [2.05, 4.69) is 4.74 Å². The smallest absolute Gasteiger partial charge is 0.406 e. The van der Waals surface area contributed by atoms with Crippen molar-refractivity contribution in [1.82, 2.24) is 9.21 Å². The number of hydrogen-bond donors (Lipinski definition) is 0. The Balaban J connectivity index is 2.07. The maximum Gasteiger partial charge on any atom is 0.573 e. The molecule has 0 bridgehead atoms. The second-order valence-electron chi connectivity index (χ2n) is 7.53. The molecule has 8 nitrogen and oxygen atoms in total. The summed E-state index contributed by atoms with van der Waals surface area (Å²) in [7, 11) is -0.935. The van der Waals surface area contributed by atoms with Gasteiger partial charge in [0.15, 0.2) is 0 Å². The molecule has 1 amide bonds. The topological polar surface area (TPSA) is 85.4 Å². The lowest BCUT2D eigenvalue weighted by Crippen LogP contribution is -2.49. The van der Waals surface area contributed by atoms with Crippen LogP contribution in [-0.2, 0) is 24.3 Å². The lowest BCUT2D eigenvalue weighted by Gasteiger charge is -2.36. The first-order valence-electron chi connectivity index (χ1n) is 10.1. The quantitative estimate of drug-likeness (QED) is 0.510. The molecule has 1 heterocycles. The third-order valence-corrected chi connectivity index (χ3v) is 7.13. The van der Waals surface area contributed by atoms with Crippen LogP contribution in [0.15, 0.2) is 29.2 Å². The Hall–Kier alpha value is -1.89. The van der Waals surface area contributed by atoms with Gasteiger partial charge in [-0.15, -0.1) is 13.2 Å². The van der Waals surface area contributed by atoms with Crippen LogP contribution in [0.25, 0.3) is 0 Å². The van der Waals surface area contributed by atoms with Gasteiger partial charge in [0.25, 0.3) is 0 Å². The Morgan fingerprint density at radius 3 is 2.44 bits per heavy atom. The van der Waals surface area contributed by atoms with Gasteiger partial charge in [-0.25, -0.2) is 8.42 Å². The van der Waals surface area contributed by atoms with E-state index in [0.29, 0.717) is 32.6 Å². The van der Waals surface area contributed by atoms with Crippen LogP contribution in [0.2, 0.25) is 0 Å². The Kier molecular flexibility index (Phi) is 9.31. The number of carbonyl (C=O) groups excluding carboxylic acids is 1. The minimum absolute atomic E-state index is 0.0832. The van der Waals surface area contributed by atoms with Gasteiger partial charge in [0.05, 0.1) is 24.2 Å². The van der Waals surface area contributed by atoms with Crippen molar-refractivity contribution >= 4 is 15.9 Å². The molecule has 1 aromatic carbocycles. The van der Waals surface area contributed by atoms with Crippen LogP contribution in [0.4, 0.5) is 13.2 Å². The number of sulfonamides is 1. The first kappa shape index (κ1) is 26.4. The van der Waals surface area contributed by atoms with Crippen LogP contribution < -0.4 is 4.74 Å². The molecule has 1 fully saturated rings. The lowest BCUT2D eigenvalue weighted by molar-refractivity contribution is -0.274. The van der Waals surface area contributed by atoms with Gasteiger partial charge in [0.2, 0.25) is 15.9 Å². The van der Waals surface area contributed by atoms with Gasteiger partial charge in [0, 0.05) is 45.8 Å². The highest BCUT2D eigenvalue weighted by atomic mass is 32.2. The van der Waals surface area contributed by atoms with Crippen LogP contribution in [0.1, 0.15) is 19.8 Å². The molecule has 0 N–H and O–H groups in total. The van der Waals surface area contributed by atoms with Crippen molar-refractivity contribution in [3.05, 3.63) is 24.3 Å². The van der Waals surface area contributed by atoms with Crippen molar-refractivity contribution in [2.75, 3.05) is 47.1 Å². The van der Waals surface area contributed by atoms with Crippen molar-refractivity contribution in [1.29, 1.82) is 0 Å². The first-order chi connectivity index (χ1) is 15.0. The highest BCUT2D eigenvalue weighted by Gasteiger charge is 2.36. The Morgan fingerprint density at radius 1 is 1.22 bits per heavy atom. The average molecular weight is 483 g/mol. The molecule has 1 aliphatic heterocycles. The molecule has 1 unspecified atom stereocenters. The Morgan fingerprint density at radius 2 is 1.88 bits per heavy atom. The number of nitrogens with zero attached hydrogens (tertiary/aromatic N) is 2. The lowest BCUT2D eigenvalue weighted by atomic mass is 9.96. The Labute approximate surface area is 186 Å². The van der Waals surface area contributed by atoms with Crippen molar-refractivity contribution < 1.29 is 40.6 Å². The summed E-state index contributed by atoms with van der Waals surface area (Å²) >= 11 is 0. The van der Waals surface area contributed by atoms with Crippen molar-refractivity contribution in [3.8, 4) is 5.75 Å². The first-order valence-corrected chi connectivity index (χ1v) is 11.6. The van der Waals surface area contributed by atoms with E-state index in [1.54, 1.807) is 19.1 Å². The molecule has 1 aliphatic rings. The summed E-state index contributed by atoms with van der Waals surface area (Å²) < 4.78 is 78.4. The monoisotopic (exact) mass is 482 g/mol. The third-order valence-electron chi connectivity index (χ3n) is 5.24. The van der Waals surface area contributed by atoms with Crippen LogP contribution >= 0.6 is 0 Å². The van der Waals surface area contributed by atoms with Gasteiger partial charge in [-0.2, -0.15) is 4.31 Å². The number of benzene rings is 1. The van der Waals surface area contributed by atoms with E-state index in [1.807, 2.05) is 6.92 Å². The average Bonchev–Trinajstić information content (AvgIpc) is 2.73. The summed E-state index contributed by atoms with van der Waals surface area (Å²) in [6.07, 6.45) is -4.31. The molecule has 0 radical (unpaired) electrons. The standard InChI is InChI=1S/C20H29F3N2O6S/c1-15(14-30-3)25(11-12-29-2)19(26)16-7-9-24(10-8-16)32(27,28)18-6-4-5-17(13-18)31-20(21,22)23/h4-6,13,15-16H,7-12,14H2,1-3H3. The van der Waals surface area contributed by atoms with Gasteiger partial charge in [-0.05, 0) is 31.9 Å². The normalized spacial score (nSPS) is 17.2. The van der Waals surface area contributed by atoms with Crippen molar-refractivity contribution in [2.24, 2.45) is 5.92 Å². The molecular weight excluding hydrogens is 453 g/mol. The summed E-state index contributed by atoms with van der Waals surface area (Å²) in [5.41, 5.74) is 0. The number of alkyl halides is 3. The van der Waals surface area contributed by atoms with Crippen LogP contribution in [0.5, 0.6) is 5.75 Å². The third kappa shape index (κ3) is 7.06. The molecule has 1 atom stereocenters. The van der Waals surface area contributed by atoms with E-state index in [-0.39, 0.29) is 35.9 Å². The maximum atomic E-state index is 13.0. The second kappa shape index (κ2) is 11.3. The number of amides is 1. The zero-order valence-corrected chi connectivity index (χ0v) is 19.1. The molecular formula is C20H29F3N2O6S. The number of carbonyl (C=O) groups is 1. The van der Waals surface area contributed by atoms with Crippen LogP contribution in [0.3, 0.4) is 0 Å². The van der Waals surface area contributed by atoms with E-state index in [1.165, 1.54) is 16.4 Å². The molecule has 0 aromatic heterocycles. The molecule has 0 spiro atoms. The molecule has 12 heteroatoms. The highest BCUT2D eigenvalue weighted by Crippen LogP contribution is 2.29. The fourth-order valence-electron chi connectivity index (χ4n) is 3.63. The minimum Gasteiger partial charge on any atom is -0.406 e. The number of piperidine rings is 1. The van der Waals surface area contributed by atoms with Crippen molar-refractivity contribution in [3.63, 3.8) is 0 Å². The summed E-state index contributed by atoms with van der Waals surface area (Å²) in [6, 6.07) is 4.12. The number of hydrogen-bond acceptors (Lipinski definition) is 6. The SMILES string of the molecule is COCCN(C(=O)C1CCN(S(=O)(=O)c2cccc(OC(F)(F)F)c2)CC1)C(C)COC. The predicted octanol–water partition coefficient (Wildman–Crippen LogP) is 2.50. The van der Waals surface area contributed by atoms with E-state index < -0.39 is 22.1 Å². The van der Waals surface area contributed by atoms with E-state index in [4.69, 9.17) is 9.47 Å². The molecule has 1 aromatic rings. The second-order valence-corrected chi connectivity index (χ2v) is 9.47. The molecule has 1 saturated heterocycles. The minimum atomic E-state index is -4.92. The number of ether oxygens (including phenoxy) is 3. The summed E-state index contributed by atoms with van der Waals surface area (Å²) in [5, 5.41) is 0. The zero-order chi connectivity index (χ0) is 23.9. The highest BCUT2D eigenvalue weighted by molar-refractivity contribution is 7.89. The van der Waals surface area contributed by atoms with Gasteiger partial charge < -0.3 is 19.1 Å². The van der Waals surface area contributed by atoms with E-state index in [0.717, 1.165) is 12.1 Å². The van der Waals surface area contributed by atoms with E-state index in [9.17, 15) is 26.4 Å². The van der Waals surface area contributed by atoms with Crippen molar-refractivity contribution in [2.45, 2.75) is 37.1 Å². The molecule has 0 aliphatic carbocycles. The molecule has 32 heavy (non-hydrogen) atoms. The van der Waals surface area contributed by atoms with Crippen LogP contribution in [-0.4, -0.2) is 83.0 Å². The summed E-state index contributed by atoms with van der Waals surface area (Å²) in [6.45, 7) is 3.15. The molecule has 182 valence electrons. The number of halogens is 3.